The lowest BCUT2D eigenvalue weighted by Gasteiger charge is -2.49. The van der Waals surface area contributed by atoms with Gasteiger partial charge in [0.05, 0.1) is 18.3 Å². The number of hydrogen-bond donors (Lipinski definition) is 0. The smallest absolute Gasteiger partial charge is 0.162 e. The van der Waals surface area contributed by atoms with E-state index in [4.69, 9.17) is 14.2 Å². The minimum Gasteiger partial charge on any atom is -0.367 e. The van der Waals surface area contributed by atoms with Gasteiger partial charge in [-0.25, -0.2) is 0 Å². The van der Waals surface area contributed by atoms with Crippen LogP contribution in [0.2, 0.25) is 0 Å². The highest BCUT2D eigenvalue weighted by Gasteiger charge is 2.46. The lowest BCUT2D eigenvalue weighted by Crippen LogP contribution is -2.53. The average molecular weight is 451 g/mol. The maximum atomic E-state index is 13.2. The van der Waals surface area contributed by atoms with E-state index in [2.05, 4.69) is 69.2 Å². The molecule has 2 aliphatic heterocycles. The Bertz CT molecular complexity index is 664. The van der Waals surface area contributed by atoms with Crippen LogP contribution in [0.15, 0.2) is 11.1 Å². The Morgan fingerprint density at radius 1 is 1.00 bits per heavy atom. The van der Waals surface area contributed by atoms with E-state index in [9.17, 15) is 4.79 Å². The van der Waals surface area contributed by atoms with Crippen LogP contribution in [-0.2, 0) is 19.0 Å². The highest BCUT2D eigenvalue weighted by molar-refractivity contribution is 5.84. The molecule has 0 radical (unpaired) electrons. The zero-order valence-corrected chi connectivity index (χ0v) is 22.7. The fourth-order valence-electron chi connectivity index (χ4n) is 6.07. The summed E-state index contributed by atoms with van der Waals surface area (Å²) in [6.07, 6.45) is 3.63. The molecule has 4 nitrogen and oxygen atoms in total. The van der Waals surface area contributed by atoms with Crippen LogP contribution in [0.4, 0.5) is 0 Å². The zero-order chi connectivity index (χ0) is 24.4. The fraction of sp³-hybridized carbons (Fsp3) is 0.893. The Morgan fingerprint density at radius 3 is 2.19 bits per heavy atom. The van der Waals surface area contributed by atoms with Gasteiger partial charge in [0.15, 0.2) is 12.1 Å². The molecule has 2 heterocycles. The van der Waals surface area contributed by atoms with Gasteiger partial charge in [0, 0.05) is 17.8 Å². The molecule has 2 aliphatic rings. The number of carbonyl (C=O) groups excluding carboxylic acids is 1. The molecule has 0 amide bonds. The molecule has 186 valence electrons. The van der Waals surface area contributed by atoms with Crippen LogP contribution in [0, 0.1) is 29.1 Å². The van der Waals surface area contributed by atoms with Crippen LogP contribution in [0.3, 0.4) is 0 Å². The van der Waals surface area contributed by atoms with Gasteiger partial charge < -0.3 is 14.2 Å². The summed E-state index contributed by atoms with van der Waals surface area (Å²) in [4.78, 5) is 13.2. The second-order valence-corrected chi connectivity index (χ2v) is 11.7. The van der Waals surface area contributed by atoms with Crippen LogP contribution in [-0.4, -0.2) is 36.5 Å². The summed E-state index contributed by atoms with van der Waals surface area (Å²) in [6.45, 7) is 24.1. The summed E-state index contributed by atoms with van der Waals surface area (Å²) in [5.74, 6) is 1.68. The number of ketones is 1. The van der Waals surface area contributed by atoms with E-state index in [-0.39, 0.29) is 53.7 Å². The number of ether oxygens (including phenoxy) is 3. The molecule has 0 aromatic heterocycles. The van der Waals surface area contributed by atoms with Gasteiger partial charge in [-0.05, 0) is 64.7 Å². The first-order valence-electron chi connectivity index (χ1n) is 13.0. The summed E-state index contributed by atoms with van der Waals surface area (Å²) in [7, 11) is 0. The minimum atomic E-state index is -0.232. The van der Waals surface area contributed by atoms with Crippen molar-refractivity contribution in [3.63, 3.8) is 0 Å². The molecular formula is C28H50O4. The summed E-state index contributed by atoms with van der Waals surface area (Å²) >= 11 is 0. The summed E-state index contributed by atoms with van der Waals surface area (Å²) in [5.41, 5.74) is 2.58. The normalized spacial score (nSPS) is 35.5. The van der Waals surface area contributed by atoms with E-state index in [0.717, 1.165) is 19.3 Å². The first-order chi connectivity index (χ1) is 14.8. The molecule has 0 aliphatic carbocycles. The molecule has 0 aromatic rings. The molecule has 2 fully saturated rings. The van der Waals surface area contributed by atoms with E-state index in [0.29, 0.717) is 18.3 Å². The summed E-state index contributed by atoms with van der Waals surface area (Å²) in [5, 5.41) is 0. The van der Waals surface area contributed by atoms with E-state index in [1.165, 1.54) is 11.1 Å². The van der Waals surface area contributed by atoms with E-state index in [1.807, 2.05) is 6.92 Å². The number of carbonyl (C=O) groups is 1. The van der Waals surface area contributed by atoms with Gasteiger partial charge in [0.2, 0.25) is 0 Å². The van der Waals surface area contributed by atoms with Gasteiger partial charge in [-0.2, -0.15) is 0 Å². The van der Waals surface area contributed by atoms with Crippen molar-refractivity contribution in [2.75, 3.05) is 0 Å². The van der Waals surface area contributed by atoms with Crippen molar-refractivity contribution in [2.45, 2.75) is 133 Å². The van der Waals surface area contributed by atoms with Crippen molar-refractivity contribution >= 4 is 5.78 Å². The van der Waals surface area contributed by atoms with Crippen molar-refractivity contribution in [1.82, 2.24) is 0 Å². The average Bonchev–Trinajstić information content (AvgIpc) is 3.06. The van der Waals surface area contributed by atoms with Crippen LogP contribution >= 0.6 is 0 Å². The molecule has 0 spiro atoms. The van der Waals surface area contributed by atoms with E-state index < -0.39 is 0 Å². The predicted molar refractivity (Wildman–Crippen MR) is 132 cm³/mol. The largest absolute Gasteiger partial charge is 0.367 e. The van der Waals surface area contributed by atoms with E-state index >= 15 is 0 Å². The number of rotatable bonds is 9. The van der Waals surface area contributed by atoms with Crippen LogP contribution < -0.4 is 0 Å². The quantitative estimate of drug-likeness (QED) is 0.356. The van der Waals surface area contributed by atoms with Gasteiger partial charge in [-0.1, -0.05) is 59.6 Å². The summed E-state index contributed by atoms with van der Waals surface area (Å²) < 4.78 is 18.5. The standard InChI is InChI=1S/C28H50O4/c1-12-25-28(10,11)27(32-22(9)31-25)21(8)20(7)19(6)17(4)14-24(29)26-23(13-16(2)3)15-18(5)30-26/h16-18,21-23,25-27H,12-15H2,1-11H3/b20-19+/t17?,18?,21-,22?,23+,25-,26?,27-/m0/s1. The predicted octanol–water partition coefficient (Wildman–Crippen LogP) is 6.96. The second kappa shape index (κ2) is 11.1. The molecular weight excluding hydrogens is 400 g/mol. The Hall–Kier alpha value is -0.710. The second-order valence-electron chi connectivity index (χ2n) is 11.7. The third-order valence-electron chi connectivity index (χ3n) is 8.17. The topological polar surface area (TPSA) is 44.8 Å². The molecule has 0 aromatic carbocycles. The molecule has 0 bridgehead atoms. The highest BCUT2D eigenvalue weighted by Crippen LogP contribution is 2.43. The molecule has 4 unspecified atom stereocenters. The van der Waals surface area contributed by atoms with Crippen molar-refractivity contribution in [1.29, 1.82) is 0 Å². The Kier molecular flexibility index (Phi) is 9.59. The maximum absolute atomic E-state index is 13.2. The number of allylic oxidation sites excluding steroid dienone is 1. The van der Waals surface area contributed by atoms with Crippen molar-refractivity contribution in [3.05, 3.63) is 11.1 Å². The van der Waals surface area contributed by atoms with Crippen molar-refractivity contribution in [3.8, 4) is 0 Å². The lowest BCUT2D eigenvalue weighted by atomic mass is 9.71. The van der Waals surface area contributed by atoms with Gasteiger partial charge in [-0.15, -0.1) is 0 Å². The fourth-order valence-corrected chi connectivity index (χ4v) is 6.07. The van der Waals surface area contributed by atoms with Gasteiger partial charge >= 0.3 is 0 Å². The summed E-state index contributed by atoms with van der Waals surface area (Å²) in [6, 6.07) is 0. The molecule has 2 saturated heterocycles. The third kappa shape index (κ3) is 6.24. The van der Waals surface area contributed by atoms with Gasteiger partial charge in [0.25, 0.3) is 0 Å². The SMILES string of the molecule is CC[C@@H]1OC(C)O[C@@H]([C@@H](C)/C(C)=C(\C)C(C)CC(=O)C2OC(C)C[C@H]2CC(C)C)C1(C)C. The first kappa shape index (κ1) is 27.5. The van der Waals surface area contributed by atoms with E-state index in [1.54, 1.807) is 0 Å². The molecule has 0 saturated carbocycles. The maximum Gasteiger partial charge on any atom is 0.162 e. The Balaban J connectivity index is 2.13. The molecule has 8 atom stereocenters. The Morgan fingerprint density at radius 2 is 1.62 bits per heavy atom. The minimum absolute atomic E-state index is 0.0703. The first-order valence-corrected chi connectivity index (χ1v) is 13.0. The van der Waals surface area contributed by atoms with Crippen molar-refractivity contribution in [2.24, 2.45) is 29.1 Å². The van der Waals surface area contributed by atoms with Gasteiger partial charge in [0.1, 0.15) is 6.10 Å². The monoisotopic (exact) mass is 450 g/mol. The molecule has 32 heavy (non-hydrogen) atoms. The lowest BCUT2D eigenvalue weighted by molar-refractivity contribution is -0.294. The van der Waals surface area contributed by atoms with Crippen LogP contribution in [0.5, 0.6) is 0 Å². The highest BCUT2D eigenvalue weighted by atomic mass is 16.7. The van der Waals surface area contributed by atoms with Gasteiger partial charge in [-0.3, -0.25) is 4.79 Å². The Labute approximate surface area is 197 Å². The molecule has 4 heteroatoms. The third-order valence-corrected chi connectivity index (χ3v) is 8.17. The number of Topliss-reactive ketones (excluding diaryl/α,β-unsaturated/α-hetero) is 1. The molecule has 0 N–H and O–H groups in total. The van der Waals surface area contributed by atoms with Crippen molar-refractivity contribution < 1.29 is 19.0 Å². The number of hydrogen-bond acceptors (Lipinski definition) is 4. The molecule has 2 rings (SSSR count). The zero-order valence-electron chi connectivity index (χ0n) is 22.7. The van der Waals surface area contributed by atoms with Crippen LogP contribution in [0.25, 0.3) is 0 Å². The van der Waals surface area contributed by atoms with Crippen LogP contribution in [0.1, 0.15) is 102 Å².